The number of amides is 1. The highest BCUT2D eigenvalue weighted by molar-refractivity contribution is 9.10. The van der Waals surface area contributed by atoms with Gasteiger partial charge >= 0.3 is 6.09 Å². The number of nitrogens with zero attached hydrogens (tertiary/aromatic N) is 3. The van der Waals surface area contributed by atoms with Crippen molar-refractivity contribution < 1.29 is 14.6 Å². The predicted molar refractivity (Wildman–Crippen MR) is 86.7 cm³/mol. The smallest absolute Gasteiger partial charge is 0.410 e. The number of carbonyl (C=O) groups is 1. The van der Waals surface area contributed by atoms with E-state index in [1.165, 1.54) is 4.90 Å². The van der Waals surface area contributed by atoms with E-state index in [1.807, 2.05) is 34.7 Å². The van der Waals surface area contributed by atoms with Crippen LogP contribution in [0.4, 0.5) is 4.79 Å². The molecule has 0 aliphatic carbocycles. The highest BCUT2D eigenvalue weighted by Gasteiger charge is 2.46. The maximum absolute atomic E-state index is 11.9. The number of aryl methyl sites for hydroxylation is 2. The SMILES string of the molecule is CCc1nn(C)c(CC2(O)CN(C(=O)OC(C)(C)C)C2)c1Br. The van der Waals surface area contributed by atoms with E-state index < -0.39 is 11.2 Å². The Labute approximate surface area is 139 Å². The molecule has 0 radical (unpaired) electrons. The summed E-state index contributed by atoms with van der Waals surface area (Å²) in [6.45, 7) is 8.09. The standard InChI is InChI=1S/C15H24BrN3O3/c1-6-10-12(16)11(18(5)17-10)7-15(21)8-19(9-15)13(20)22-14(2,3)4/h21H,6-9H2,1-5H3. The van der Waals surface area contributed by atoms with Crippen LogP contribution in [0.3, 0.4) is 0 Å². The summed E-state index contributed by atoms with van der Waals surface area (Å²) < 4.78 is 8.04. The summed E-state index contributed by atoms with van der Waals surface area (Å²) in [4.78, 5) is 13.5. The van der Waals surface area contributed by atoms with Crippen molar-refractivity contribution in [2.45, 2.75) is 51.7 Å². The number of hydrogen-bond donors (Lipinski definition) is 1. The van der Waals surface area contributed by atoms with Crippen molar-refractivity contribution in [1.82, 2.24) is 14.7 Å². The van der Waals surface area contributed by atoms with Crippen LogP contribution in [0, 0.1) is 0 Å². The van der Waals surface area contributed by atoms with E-state index in [0.29, 0.717) is 6.42 Å². The normalized spacial score (nSPS) is 17.3. The molecule has 1 aliphatic heterocycles. The molecule has 1 amide bonds. The number of ether oxygens (including phenoxy) is 1. The number of rotatable bonds is 3. The molecule has 0 unspecified atom stereocenters. The summed E-state index contributed by atoms with van der Waals surface area (Å²) >= 11 is 3.55. The van der Waals surface area contributed by atoms with Gasteiger partial charge in [-0.05, 0) is 43.1 Å². The minimum Gasteiger partial charge on any atom is -0.444 e. The van der Waals surface area contributed by atoms with E-state index >= 15 is 0 Å². The average Bonchev–Trinajstić information content (AvgIpc) is 2.60. The fraction of sp³-hybridized carbons (Fsp3) is 0.733. The molecule has 1 N–H and O–H groups in total. The van der Waals surface area contributed by atoms with Gasteiger partial charge in [0.15, 0.2) is 0 Å². The molecule has 0 aromatic carbocycles. The van der Waals surface area contributed by atoms with E-state index in [-0.39, 0.29) is 19.2 Å². The molecule has 0 bridgehead atoms. The third kappa shape index (κ3) is 3.63. The first kappa shape index (κ1) is 17.3. The molecular formula is C15H24BrN3O3. The summed E-state index contributed by atoms with van der Waals surface area (Å²) in [6.07, 6.45) is 0.906. The molecule has 0 spiro atoms. The molecule has 0 saturated carbocycles. The minimum absolute atomic E-state index is 0.279. The van der Waals surface area contributed by atoms with E-state index in [0.717, 1.165) is 22.3 Å². The second kappa shape index (κ2) is 5.85. The Morgan fingerprint density at radius 1 is 1.45 bits per heavy atom. The number of aromatic nitrogens is 2. The summed E-state index contributed by atoms with van der Waals surface area (Å²) in [6, 6.07) is 0. The highest BCUT2D eigenvalue weighted by Crippen LogP contribution is 2.31. The van der Waals surface area contributed by atoms with Crippen molar-refractivity contribution >= 4 is 22.0 Å². The van der Waals surface area contributed by atoms with Gasteiger partial charge in [0.1, 0.15) is 11.2 Å². The van der Waals surface area contributed by atoms with E-state index in [2.05, 4.69) is 21.0 Å². The Hall–Kier alpha value is -1.08. The lowest BCUT2D eigenvalue weighted by atomic mass is 9.89. The van der Waals surface area contributed by atoms with Crippen LogP contribution in [0.1, 0.15) is 39.1 Å². The molecule has 124 valence electrons. The van der Waals surface area contributed by atoms with Gasteiger partial charge in [0, 0.05) is 13.5 Å². The van der Waals surface area contributed by atoms with Crippen LogP contribution >= 0.6 is 15.9 Å². The zero-order valence-corrected chi connectivity index (χ0v) is 15.4. The van der Waals surface area contributed by atoms with Gasteiger partial charge in [-0.25, -0.2) is 4.79 Å². The molecule has 22 heavy (non-hydrogen) atoms. The fourth-order valence-electron chi connectivity index (χ4n) is 2.56. The van der Waals surface area contributed by atoms with Crippen molar-refractivity contribution in [3.63, 3.8) is 0 Å². The number of halogens is 1. The Morgan fingerprint density at radius 2 is 2.05 bits per heavy atom. The van der Waals surface area contributed by atoms with Crippen LogP contribution in [0.15, 0.2) is 4.47 Å². The number of hydrogen-bond acceptors (Lipinski definition) is 4. The quantitative estimate of drug-likeness (QED) is 0.882. The van der Waals surface area contributed by atoms with Gasteiger partial charge in [0.2, 0.25) is 0 Å². The molecule has 1 aromatic heterocycles. The van der Waals surface area contributed by atoms with Gasteiger partial charge < -0.3 is 14.7 Å². The molecule has 2 heterocycles. The number of β-amino-alcohol motifs (C(OH)–C–C–N with tert-alkyl or cyclic N) is 1. The first-order chi connectivity index (χ1) is 10.0. The van der Waals surface area contributed by atoms with Gasteiger partial charge in [0.25, 0.3) is 0 Å². The molecule has 1 fully saturated rings. The Kier molecular flexibility index (Phi) is 4.59. The molecule has 1 aromatic rings. The summed E-state index contributed by atoms with van der Waals surface area (Å²) in [5.74, 6) is 0. The molecule has 1 aliphatic rings. The Bertz CT molecular complexity index is 571. The second-order valence-electron chi connectivity index (χ2n) is 6.92. The molecule has 2 rings (SSSR count). The zero-order valence-electron chi connectivity index (χ0n) is 13.8. The van der Waals surface area contributed by atoms with Gasteiger partial charge in [-0.1, -0.05) is 6.92 Å². The number of aliphatic hydroxyl groups is 1. The second-order valence-corrected chi connectivity index (χ2v) is 7.72. The van der Waals surface area contributed by atoms with Crippen LogP contribution in [-0.4, -0.2) is 50.2 Å². The summed E-state index contributed by atoms with van der Waals surface area (Å²) in [7, 11) is 1.87. The third-order valence-electron chi connectivity index (χ3n) is 3.62. The van der Waals surface area contributed by atoms with E-state index in [4.69, 9.17) is 4.74 Å². The first-order valence-corrected chi connectivity index (χ1v) is 8.24. The zero-order chi connectivity index (χ0) is 16.7. The van der Waals surface area contributed by atoms with Crippen molar-refractivity contribution in [3.8, 4) is 0 Å². The van der Waals surface area contributed by atoms with Crippen molar-refractivity contribution in [1.29, 1.82) is 0 Å². The number of likely N-dealkylation sites (tertiary alicyclic amines) is 1. The largest absolute Gasteiger partial charge is 0.444 e. The topological polar surface area (TPSA) is 67.6 Å². The average molecular weight is 374 g/mol. The van der Waals surface area contributed by atoms with Crippen LogP contribution in [0.2, 0.25) is 0 Å². The van der Waals surface area contributed by atoms with Crippen LogP contribution in [0.25, 0.3) is 0 Å². The Balaban J connectivity index is 1.99. The van der Waals surface area contributed by atoms with Crippen molar-refractivity contribution in [3.05, 3.63) is 15.9 Å². The molecule has 7 heteroatoms. The van der Waals surface area contributed by atoms with Crippen LogP contribution in [-0.2, 0) is 24.6 Å². The minimum atomic E-state index is -0.918. The fourth-order valence-corrected chi connectivity index (χ4v) is 3.31. The van der Waals surface area contributed by atoms with Gasteiger partial charge in [-0.3, -0.25) is 4.68 Å². The highest BCUT2D eigenvalue weighted by atomic mass is 79.9. The Morgan fingerprint density at radius 3 is 2.50 bits per heavy atom. The molecule has 0 atom stereocenters. The van der Waals surface area contributed by atoms with Crippen LogP contribution in [0.5, 0.6) is 0 Å². The molecular weight excluding hydrogens is 350 g/mol. The monoisotopic (exact) mass is 373 g/mol. The lowest BCUT2D eigenvalue weighted by Gasteiger charge is -2.46. The lowest BCUT2D eigenvalue weighted by molar-refractivity contribution is -0.0982. The van der Waals surface area contributed by atoms with Gasteiger partial charge in [-0.2, -0.15) is 5.10 Å². The number of carbonyl (C=O) groups excluding carboxylic acids is 1. The molecule has 1 saturated heterocycles. The summed E-state index contributed by atoms with van der Waals surface area (Å²) in [5, 5.41) is 15.0. The first-order valence-electron chi connectivity index (χ1n) is 7.45. The summed E-state index contributed by atoms with van der Waals surface area (Å²) in [5.41, 5.74) is 0.483. The third-order valence-corrected chi connectivity index (χ3v) is 4.54. The van der Waals surface area contributed by atoms with E-state index in [9.17, 15) is 9.90 Å². The van der Waals surface area contributed by atoms with Gasteiger partial charge in [0.05, 0.1) is 29.0 Å². The molecule has 6 nitrogen and oxygen atoms in total. The van der Waals surface area contributed by atoms with Crippen molar-refractivity contribution in [2.24, 2.45) is 7.05 Å². The maximum atomic E-state index is 11.9. The van der Waals surface area contributed by atoms with Gasteiger partial charge in [-0.15, -0.1) is 0 Å². The van der Waals surface area contributed by atoms with E-state index in [1.54, 1.807) is 4.68 Å². The van der Waals surface area contributed by atoms with Crippen molar-refractivity contribution in [2.75, 3.05) is 13.1 Å². The predicted octanol–water partition coefficient (Wildman–Crippen LogP) is 2.27. The van der Waals surface area contributed by atoms with Crippen LogP contribution < -0.4 is 0 Å². The maximum Gasteiger partial charge on any atom is 0.410 e. The lowest BCUT2D eigenvalue weighted by Crippen LogP contribution is -2.65.